The molecular weight excluding hydrogens is 348 g/mol. The molecule has 136 valence electrons. The molecule has 2 heterocycles. The summed E-state index contributed by atoms with van der Waals surface area (Å²) >= 11 is 0. The molecule has 0 fully saturated rings. The lowest BCUT2D eigenvalue weighted by molar-refractivity contribution is 0.483. The summed E-state index contributed by atoms with van der Waals surface area (Å²) in [5.41, 5.74) is 11.5. The summed E-state index contributed by atoms with van der Waals surface area (Å²) in [6, 6.07) is 25.5. The SMILES string of the molecule is Nc1ccc(-c2c[nH]n3cc(-c4ccc(Oc5ccccc5)cc4)nc23)cc1. The molecule has 0 unspecified atom stereocenters. The van der Waals surface area contributed by atoms with Crippen LogP contribution >= 0.6 is 0 Å². The fraction of sp³-hybridized carbons (Fsp3) is 0. The first-order chi connectivity index (χ1) is 13.8. The third-order valence-corrected chi connectivity index (χ3v) is 4.65. The smallest absolute Gasteiger partial charge is 0.161 e. The Morgan fingerprint density at radius 2 is 1.46 bits per heavy atom. The van der Waals surface area contributed by atoms with Gasteiger partial charge in [0.05, 0.1) is 11.9 Å². The van der Waals surface area contributed by atoms with E-state index in [1.54, 1.807) is 0 Å². The number of benzene rings is 3. The quantitative estimate of drug-likeness (QED) is 0.420. The highest BCUT2D eigenvalue weighted by Crippen LogP contribution is 2.29. The normalized spacial score (nSPS) is 11.0. The van der Waals surface area contributed by atoms with Crippen LogP contribution in [0.15, 0.2) is 91.3 Å². The fourth-order valence-corrected chi connectivity index (χ4v) is 3.20. The van der Waals surface area contributed by atoms with Crippen molar-refractivity contribution in [1.82, 2.24) is 14.6 Å². The fourth-order valence-electron chi connectivity index (χ4n) is 3.20. The Labute approximate surface area is 162 Å². The van der Waals surface area contributed by atoms with Gasteiger partial charge in [0.15, 0.2) is 5.65 Å². The summed E-state index contributed by atoms with van der Waals surface area (Å²) in [4.78, 5) is 4.82. The predicted octanol–water partition coefficient (Wildman–Crippen LogP) is 5.37. The number of anilines is 1. The maximum absolute atomic E-state index is 5.86. The van der Waals surface area contributed by atoms with E-state index in [-0.39, 0.29) is 0 Å². The second-order valence-corrected chi connectivity index (χ2v) is 6.57. The van der Waals surface area contributed by atoms with Crippen LogP contribution in [0.2, 0.25) is 0 Å². The van der Waals surface area contributed by atoms with Gasteiger partial charge in [-0.1, -0.05) is 30.3 Å². The van der Waals surface area contributed by atoms with Crippen LogP contribution in [0.4, 0.5) is 5.69 Å². The van der Waals surface area contributed by atoms with Gasteiger partial charge >= 0.3 is 0 Å². The molecule has 0 spiro atoms. The number of nitrogen functional groups attached to an aromatic ring is 1. The van der Waals surface area contributed by atoms with Crippen LogP contribution in [-0.4, -0.2) is 14.6 Å². The number of nitrogens with one attached hydrogen (secondary N) is 1. The first kappa shape index (κ1) is 16.2. The number of hydrogen-bond acceptors (Lipinski definition) is 3. The largest absolute Gasteiger partial charge is 0.457 e. The monoisotopic (exact) mass is 366 g/mol. The number of hydrogen-bond donors (Lipinski definition) is 2. The molecule has 5 rings (SSSR count). The Kier molecular flexibility index (Phi) is 3.84. The Bertz CT molecular complexity index is 1220. The molecule has 0 saturated heterocycles. The molecule has 0 aliphatic carbocycles. The lowest BCUT2D eigenvalue weighted by Crippen LogP contribution is -1.85. The standard InChI is InChI=1S/C23H18N4O/c24-18-10-6-16(7-11-18)21-14-25-27-15-22(26-23(21)27)17-8-12-20(13-9-17)28-19-4-2-1-3-5-19/h1-15,25H,24H2. The Morgan fingerprint density at radius 1 is 0.786 bits per heavy atom. The molecule has 0 atom stereocenters. The van der Waals surface area contributed by atoms with Crippen LogP contribution < -0.4 is 10.5 Å². The van der Waals surface area contributed by atoms with Crippen molar-refractivity contribution in [3.8, 4) is 33.9 Å². The van der Waals surface area contributed by atoms with E-state index in [0.29, 0.717) is 0 Å². The van der Waals surface area contributed by atoms with Gasteiger partial charge in [0.1, 0.15) is 11.5 Å². The first-order valence-electron chi connectivity index (χ1n) is 9.02. The molecule has 0 saturated carbocycles. The predicted molar refractivity (Wildman–Crippen MR) is 111 cm³/mol. The van der Waals surface area contributed by atoms with Crippen LogP contribution in [0, 0.1) is 0 Å². The lowest BCUT2D eigenvalue weighted by Gasteiger charge is -2.05. The summed E-state index contributed by atoms with van der Waals surface area (Å²) in [6.45, 7) is 0. The number of fused-ring (bicyclic) bond motifs is 1. The van der Waals surface area contributed by atoms with Crippen molar-refractivity contribution in [3.63, 3.8) is 0 Å². The van der Waals surface area contributed by atoms with E-state index in [1.807, 2.05) is 95.8 Å². The number of aromatic nitrogens is 3. The summed E-state index contributed by atoms with van der Waals surface area (Å²) < 4.78 is 7.78. The van der Waals surface area contributed by atoms with Crippen molar-refractivity contribution >= 4 is 11.3 Å². The molecule has 5 aromatic rings. The second kappa shape index (κ2) is 6.63. The number of rotatable bonds is 4. The minimum absolute atomic E-state index is 0.747. The zero-order valence-electron chi connectivity index (χ0n) is 15.0. The van der Waals surface area contributed by atoms with E-state index in [0.717, 1.165) is 45.2 Å². The van der Waals surface area contributed by atoms with Gasteiger partial charge < -0.3 is 10.5 Å². The van der Waals surface area contributed by atoms with Gasteiger partial charge in [0.25, 0.3) is 0 Å². The molecule has 5 heteroatoms. The van der Waals surface area contributed by atoms with Gasteiger partial charge in [-0.2, -0.15) is 0 Å². The van der Waals surface area contributed by atoms with E-state index < -0.39 is 0 Å². The van der Waals surface area contributed by atoms with Crippen molar-refractivity contribution in [2.75, 3.05) is 5.73 Å². The second-order valence-electron chi connectivity index (χ2n) is 6.57. The maximum atomic E-state index is 5.86. The molecule has 0 radical (unpaired) electrons. The number of para-hydroxylation sites is 1. The van der Waals surface area contributed by atoms with Crippen molar-refractivity contribution in [3.05, 3.63) is 91.3 Å². The minimum Gasteiger partial charge on any atom is -0.457 e. The van der Waals surface area contributed by atoms with Gasteiger partial charge in [-0.05, 0) is 54.1 Å². The van der Waals surface area contributed by atoms with Gasteiger partial charge in [-0.25, -0.2) is 9.50 Å². The third kappa shape index (κ3) is 2.99. The number of nitrogens with two attached hydrogens (primary N) is 1. The van der Waals surface area contributed by atoms with E-state index in [4.69, 9.17) is 15.5 Å². The molecule has 0 aliphatic heterocycles. The van der Waals surface area contributed by atoms with Gasteiger partial charge in [0, 0.05) is 23.0 Å². The first-order valence-corrected chi connectivity index (χ1v) is 9.02. The highest BCUT2D eigenvalue weighted by molar-refractivity contribution is 5.80. The van der Waals surface area contributed by atoms with Crippen LogP contribution in [0.25, 0.3) is 28.0 Å². The Balaban J connectivity index is 1.44. The van der Waals surface area contributed by atoms with E-state index in [9.17, 15) is 0 Å². The van der Waals surface area contributed by atoms with Crippen LogP contribution in [0.3, 0.4) is 0 Å². The molecule has 5 nitrogen and oxygen atoms in total. The molecule has 28 heavy (non-hydrogen) atoms. The van der Waals surface area contributed by atoms with Gasteiger partial charge in [-0.3, -0.25) is 5.10 Å². The van der Waals surface area contributed by atoms with Crippen LogP contribution in [0.5, 0.6) is 11.5 Å². The molecule has 2 aromatic heterocycles. The third-order valence-electron chi connectivity index (χ3n) is 4.65. The number of nitrogens with zero attached hydrogens (tertiary/aromatic N) is 2. The molecule has 0 aliphatic rings. The number of aromatic amines is 1. The van der Waals surface area contributed by atoms with Crippen molar-refractivity contribution in [2.24, 2.45) is 0 Å². The summed E-state index contributed by atoms with van der Waals surface area (Å²) in [6.07, 6.45) is 3.94. The molecule has 3 N–H and O–H groups in total. The number of imidazole rings is 1. The zero-order valence-corrected chi connectivity index (χ0v) is 15.0. The number of H-pyrrole nitrogens is 1. The topological polar surface area (TPSA) is 68.3 Å². The van der Waals surface area contributed by atoms with Crippen LogP contribution in [0.1, 0.15) is 0 Å². The van der Waals surface area contributed by atoms with Gasteiger partial charge in [0.2, 0.25) is 0 Å². The zero-order chi connectivity index (χ0) is 18.9. The van der Waals surface area contributed by atoms with Crippen molar-refractivity contribution < 1.29 is 4.74 Å². The minimum atomic E-state index is 0.747. The van der Waals surface area contributed by atoms with Crippen molar-refractivity contribution in [2.45, 2.75) is 0 Å². The van der Waals surface area contributed by atoms with Crippen molar-refractivity contribution in [1.29, 1.82) is 0 Å². The lowest BCUT2D eigenvalue weighted by atomic mass is 10.1. The number of ether oxygens (including phenoxy) is 1. The maximum Gasteiger partial charge on any atom is 0.161 e. The van der Waals surface area contributed by atoms with E-state index in [2.05, 4.69) is 5.10 Å². The molecule has 0 bridgehead atoms. The summed E-state index contributed by atoms with van der Waals surface area (Å²) in [7, 11) is 0. The Hall–Kier alpha value is -3.99. The average Bonchev–Trinajstić information content (AvgIpc) is 3.31. The Morgan fingerprint density at radius 3 is 2.21 bits per heavy atom. The highest BCUT2D eigenvalue weighted by atomic mass is 16.5. The molecule has 3 aromatic carbocycles. The summed E-state index contributed by atoms with van der Waals surface area (Å²) in [5.74, 6) is 1.61. The average molecular weight is 366 g/mol. The van der Waals surface area contributed by atoms with E-state index >= 15 is 0 Å². The van der Waals surface area contributed by atoms with E-state index in [1.165, 1.54) is 0 Å². The van der Waals surface area contributed by atoms with Crippen LogP contribution in [-0.2, 0) is 0 Å². The molecule has 0 amide bonds. The molecular formula is C23H18N4O. The summed E-state index contributed by atoms with van der Waals surface area (Å²) in [5, 5.41) is 3.23. The highest BCUT2D eigenvalue weighted by Gasteiger charge is 2.11. The van der Waals surface area contributed by atoms with Gasteiger partial charge in [-0.15, -0.1) is 0 Å².